The number of rotatable bonds is 5. The third-order valence-electron chi connectivity index (χ3n) is 4.71. The van der Waals surface area contributed by atoms with Crippen molar-refractivity contribution in [2.45, 2.75) is 45.5 Å². The number of nitrogens with zero attached hydrogens (tertiary/aromatic N) is 4. The Morgan fingerprint density at radius 3 is 3.12 bits per heavy atom. The molecular weight excluding hydrogens is 302 g/mol. The Hall–Kier alpha value is -2.18. The predicted molar refractivity (Wildman–Crippen MR) is 91.8 cm³/mol. The lowest BCUT2D eigenvalue weighted by atomic mass is 10.1. The van der Waals surface area contributed by atoms with E-state index in [0.29, 0.717) is 0 Å². The fraction of sp³-hybridized carbons (Fsp3) is 0.444. The van der Waals surface area contributed by atoms with Crippen LogP contribution >= 0.6 is 0 Å². The lowest BCUT2D eigenvalue weighted by Gasteiger charge is -2.20. The molecule has 126 valence electrons. The fourth-order valence-corrected chi connectivity index (χ4v) is 3.40. The summed E-state index contributed by atoms with van der Waals surface area (Å²) in [7, 11) is 0. The van der Waals surface area contributed by atoms with E-state index in [0.717, 1.165) is 43.3 Å². The summed E-state index contributed by atoms with van der Waals surface area (Å²) in [6, 6.07) is 4.41. The summed E-state index contributed by atoms with van der Waals surface area (Å²) in [5.41, 5.74) is 3.38. The topological polar surface area (TPSA) is 56.4 Å². The van der Waals surface area contributed by atoms with Crippen LogP contribution in [0.4, 0.5) is 0 Å². The second kappa shape index (κ2) is 6.37. The van der Waals surface area contributed by atoms with Crippen LogP contribution in [-0.4, -0.2) is 31.6 Å². The molecule has 0 radical (unpaired) electrons. The molecule has 1 saturated heterocycles. The fourth-order valence-electron chi connectivity index (χ4n) is 3.40. The first kappa shape index (κ1) is 15.4. The Morgan fingerprint density at radius 2 is 2.25 bits per heavy atom. The molecule has 0 aromatic carbocycles. The van der Waals surface area contributed by atoms with Gasteiger partial charge in [0.25, 0.3) is 0 Å². The maximum atomic E-state index is 5.96. The quantitative estimate of drug-likeness (QED) is 0.783. The molecule has 0 unspecified atom stereocenters. The molecule has 3 aromatic rings. The summed E-state index contributed by atoms with van der Waals surface area (Å²) in [4.78, 5) is 8.98. The van der Waals surface area contributed by atoms with Gasteiger partial charge in [-0.15, -0.1) is 0 Å². The zero-order chi connectivity index (χ0) is 16.5. The molecule has 2 atom stereocenters. The van der Waals surface area contributed by atoms with Gasteiger partial charge in [0.2, 0.25) is 0 Å². The SMILES string of the molecule is CCn1ccnc1[C@H]1OCC[C@@H]1NCc1cnc2ccc(C)cn12. The van der Waals surface area contributed by atoms with Crippen molar-refractivity contribution in [1.82, 2.24) is 24.3 Å². The second-order valence-corrected chi connectivity index (χ2v) is 6.32. The van der Waals surface area contributed by atoms with E-state index in [1.807, 2.05) is 18.6 Å². The Kier molecular flexibility index (Phi) is 4.08. The van der Waals surface area contributed by atoms with Crippen LogP contribution in [0.25, 0.3) is 5.65 Å². The van der Waals surface area contributed by atoms with E-state index >= 15 is 0 Å². The maximum Gasteiger partial charge on any atom is 0.139 e. The highest BCUT2D eigenvalue weighted by molar-refractivity contribution is 5.41. The zero-order valence-corrected chi connectivity index (χ0v) is 14.1. The van der Waals surface area contributed by atoms with Crippen LogP contribution in [0.2, 0.25) is 0 Å². The van der Waals surface area contributed by atoms with Crippen LogP contribution in [-0.2, 0) is 17.8 Å². The van der Waals surface area contributed by atoms with Crippen LogP contribution < -0.4 is 5.32 Å². The van der Waals surface area contributed by atoms with Gasteiger partial charge in [0.1, 0.15) is 17.6 Å². The summed E-state index contributed by atoms with van der Waals surface area (Å²) < 4.78 is 10.3. The van der Waals surface area contributed by atoms with Gasteiger partial charge in [-0.3, -0.25) is 0 Å². The van der Waals surface area contributed by atoms with Gasteiger partial charge in [0.15, 0.2) is 0 Å². The molecule has 4 heterocycles. The molecule has 6 heteroatoms. The number of hydrogen-bond acceptors (Lipinski definition) is 4. The average Bonchev–Trinajstić information content (AvgIpc) is 3.31. The normalized spacial score (nSPS) is 20.9. The molecule has 24 heavy (non-hydrogen) atoms. The Morgan fingerprint density at radius 1 is 1.33 bits per heavy atom. The molecule has 1 N–H and O–H groups in total. The monoisotopic (exact) mass is 325 g/mol. The van der Waals surface area contributed by atoms with E-state index in [-0.39, 0.29) is 12.1 Å². The van der Waals surface area contributed by atoms with E-state index < -0.39 is 0 Å². The number of fused-ring (bicyclic) bond motifs is 1. The number of nitrogens with one attached hydrogen (secondary N) is 1. The lowest BCUT2D eigenvalue weighted by Crippen LogP contribution is -2.33. The van der Waals surface area contributed by atoms with Gasteiger partial charge in [-0.1, -0.05) is 6.07 Å². The smallest absolute Gasteiger partial charge is 0.139 e. The van der Waals surface area contributed by atoms with Crippen molar-refractivity contribution in [2.75, 3.05) is 6.61 Å². The van der Waals surface area contributed by atoms with Crippen LogP contribution in [0, 0.1) is 6.92 Å². The Balaban J connectivity index is 1.51. The van der Waals surface area contributed by atoms with Crippen molar-refractivity contribution < 1.29 is 4.74 Å². The van der Waals surface area contributed by atoms with Crippen LogP contribution in [0.3, 0.4) is 0 Å². The highest BCUT2D eigenvalue weighted by Crippen LogP contribution is 2.28. The first-order valence-electron chi connectivity index (χ1n) is 8.55. The first-order valence-corrected chi connectivity index (χ1v) is 8.55. The minimum absolute atomic E-state index is 0.0147. The molecular formula is C18H23N5O. The number of aryl methyl sites for hydroxylation is 2. The largest absolute Gasteiger partial charge is 0.369 e. The molecule has 0 bridgehead atoms. The van der Waals surface area contributed by atoms with Gasteiger partial charge in [-0.05, 0) is 31.9 Å². The number of imidazole rings is 2. The molecule has 1 aliphatic heterocycles. The summed E-state index contributed by atoms with van der Waals surface area (Å²) in [5.74, 6) is 1.02. The summed E-state index contributed by atoms with van der Waals surface area (Å²) in [6.07, 6.45) is 8.95. The van der Waals surface area contributed by atoms with Crippen molar-refractivity contribution in [3.63, 3.8) is 0 Å². The van der Waals surface area contributed by atoms with E-state index in [4.69, 9.17) is 4.74 Å². The maximum absolute atomic E-state index is 5.96. The second-order valence-electron chi connectivity index (χ2n) is 6.32. The van der Waals surface area contributed by atoms with Gasteiger partial charge in [0, 0.05) is 44.3 Å². The van der Waals surface area contributed by atoms with E-state index in [1.54, 1.807) is 0 Å². The lowest BCUT2D eigenvalue weighted by molar-refractivity contribution is 0.0885. The Bertz CT molecular complexity index is 837. The third-order valence-corrected chi connectivity index (χ3v) is 4.71. The van der Waals surface area contributed by atoms with E-state index in [1.165, 1.54) is 5.56 Å². The highest BCUT2D eigenvalue weighted by atomic mass is 16.5. The van der Waals surface area contributed by atoms with Crippen molar-refractivity contribution in [2.24, 2.45) is 0 Å². The summed E-state index contributed by atoms with van der Waals surface area (Å²) in [6.45, 7) is 6.67. The summed E-state index contributed by atoms with van der Waals surface area (Å²) >= 11 is 0. The van der Waals surface area contributed by atoms with Crippen molar-refractivity contribution in [3.05, 3.63) is 54.0 Å². The first-order chi connectivity index (χ1) is 11.8. The molecule has 3 aromatic heterocycles. The number of hydrogen-bond donors (Lipinski definition) is 1. The summed E-state index contributed by atoms with van der Waals surface area (Å²) in [5, 5.41) is 3.65. The molecule has 0 amide bonds. The van der Waals surface area contributed by atoms with E-state index in [9.17, 15) is 0 Å². The molecule has 1 fully saturated rings. The molecule has 0 aliphatic carbocycles. The van der Waals surface area contributed by atoms with Crippen LogP contribution in [0.15, 0.2) is 36.9 Å². The number of ether oxygens (including phenoxy) is 1. The minimum atomic E-state index is 0.0147. The van der Waals surface area contributed by atoms with Gasteiger partial charge >= 0.3 is 0 Å². The van der Waals surface area contributed by atoms with Crippen molar-refractivity contribution in [1.29, 1.82) is 0 Å². The standard InChI is InChI=1S/C18H23N5O/c1-3-22-8-7-19-18(22)17-15(6-9-24-17)20-10-14-11-21-16-5-4-13(2)12-23(14)16/h4-5,7-8,11-12,15,17,20H,3,6,9-10H2,1-2H3/t15-,17-/m0/s1. The van der Waals surface area contributed by atoms with Gasteiger partial charge in [-0.25, -0.2) is 9.97 Å². The molecule has 6 nitrogen and oxygen atoms in total. The number of aromatic nitrogens is 4. The van der Waals surface area contributed by atoms with Crippen LogP contribution in [0.1, 0.15) is 36.5 Å². The molecule has 0 spiro atoms. The zero-order valence-electron chi connectivity index (χ0n) is 14.1. The molecule has 1 aliphatic rings. The molecule has 0 saturated carbocycles. The van der Waals surface area contributed by atoms with Gasteiger partial charge < -0.3 is 19.0 Å². The predicted octanol–water partition coefficient (Wildman–Crippen LogP) is 2.48. The van der Waals surface area contributed by atoms with E-state index in [2.05, 4.69) is 56.4 Å². The Labute approximate surface area is 141 Å². The number of pyridine rings is 1. The average molecular weight is 325 g/mol. The van der Waals surface area contributed by atoms with Crippen LogP contribution in [0.5, 0.6) is 0 Å². The van der Waals surface area contributed by atoms with Crippen molar-refractivity contribution >= 4 is 5.65 Å². The minimum Gasteiger partial charge on any atom is -0.369 e. The highest BCUT2D eigenvalue weighted by Gasteiger charge is 2.32. The van der Waals surface area contributed by atoms with Crippen molar-refractivity contribution in [3.8, 4) is 0 Å². The van der Waals surface area contributed by atoms with Gasteiger partial charge in [0.05, 0.1) is 11.9 Å². The molecule has 4 rings (SSSR count). The third kappa shape index (κ3) is 2.72. The van der Waals surface area contributed by atoms with Gasteiger partial charge in [-0.2, -0.15) is 0 Å².